The summed E-state index contributed by atoms with van der Waals surface area (Å²) in [7, 11) is 0. The normalized spacial score (nSPS) is 16.9. The monoisotopic (exact) mass is 213 g/mol. The highest BCUT2D eigenvalue weighted by atomic mass is 16.2. The lowest BCUT2D eigenvalue weighted by Crippen LogP contribution is -2.49. The first-order valence-corrected chi connectivity index (χ1v) is 5.57. The zero-order valence-electron chi connectivity index (χ0n) is 9.14. The number of carbonyl (C=O) groups is 2. The Labute approximate surface area is 90.0 Å². The van der Waals surface area contributed by atoms with Crippen LogP contribution in [-0.4, -0.2) is 18.5 Å². The summed E-state index contributed by atoms with van der Waals surface area (Å²) in [5, 5.41) is 2.54. The van der Waals surface area contributed by atoms with Crippen LogP contribution in [0.15, 0.2) is 0 Å². The summed E-state index contributed by atoms with van der Waals surface area (Å²) in [5.41, 5.74) is 4.77. The van der Waals surface area contributed by atoms with Crippen molar-refractivity contribution in [1.29, 1.82) is 0 Å². The quantitative estimate of drug-likeness (QED) is 0.597. The van der Waals surface area contributed by atoms with E-state index in [1.54, 1.807) is 0 Å². The summed E-state index contributed by atoms with van der Waals surface area (Å²) < 4.78 is 0. The fraction of sp³-hybridized carbons (Fsp3) is 0.800. The summed E-state index contributed by atoms with van der Waals surface area (Å²) in [5.74, 6) is 0.00151. The van der Waals surface area contributed by atoms with Gasteiger partial charge in [-0.25, -0.2) is 10.2 Å². The molecule has 86 valence electrons. The smallest absolute Gasteiger partial charge is 0.333 e. The molecule has 0 radical (unpaired) electrons. The summed E-state index contributed by atoms with van der Waals surface area (Å²) in [6.45, 7) is 2.37. The Morgan fingerprint density at radius 1 is 1.13 bits per heavy atom. The molecule has 15 heavy (non-hydrogen) atoms. The molecule has 5 heteroatoms. The van der Waals surface area contributed by atoms with Crippen LogP contribution in [0.2, 0.25) is 0 Å². The van der Waals surface area contributed by atoms with Crippen molar-refractivity contribution >= 4 is 11.9 Å². The molecule has 0 heterocycles. The van der Waals surface area contributed by atoms with Gasteiger partial charge in [-0.1, -0.05) is 19.3 Å². The second-order valence-corrected chi connectivity index (χ2v) is 3.81. The minimum Gasteiger partial charge on any atom is -0.337 e. The van der Waals surface area contributed by atoms with E-state index in [0.717, 1.165) is 25.7 Å². The molecule has 1 fully saturated rings. The van der Waals surface area contributed by atoms with Gasteiger partial charge in [0.25, 0.3) is 0 Å². The Hall–Kier alpha value is -1.26. The second kappa shape index (κ2) is 6.27. The lowest BCUT2D eigenvalue weighted by molar-refractivity contribution is -0.126. The van der Waals surface area contributed by atoms with Gasteiger partial charge in [-0.2, -0.15) is 0 Å². The third-order valence-corrected chi connectivity index (χ3v) is 2.61. The molecule has 1 aliphatic rings. The van der Waals surface area contributed by atoms with Gasteiger partial charge < -0.3 is 5.32 Å². The Morgan fingerprint density at radius 3 is 2.40 bits per heavy atom. The molecule has 0 bridgehead atoms. The molecular weight excluding hydrogens is 194 g/mol. The molecule has 0 aliphatic heterocycles. The molecule has 3 N–H and O–H groups in total. The van der Waals surface area contributed by atoms with E-state index in [-0.39, 0.29) is 17.9 Å². The number of hydrogen-bond donors (Lipinski definition) is 3. The zero-order valence-corrected chi connectivity index (χ0v) is 9.14. The molecular formula is C10H19N3O2. The third-order valence-electron chi connectivity index (χ3n) is 2.61. The van der Waals surface area contributed by atoms with Gasteiger partial charge in [0.05, 0.1) is 0 Å². The Morgan fingerprint density at radius 2 is 1.80 bits per heavy atom. The topological polar surface area (TPSA) is 70.2 Å². The number of carbonyl (C=O) groups excluding carboxylic acids is 2. The van der Waals surface area contributed by atoms with E-state index < -0.39 is 0 Å². The predicted octanol–water partition coefficient (Wildman–Crippen LogP) is 0.917. The summed E-state index contributed by atoms with van der Waals surface area (Å²) in [6.07, 6.45) is 5.30. The first-order chi connectivity index (χ1) is 7.24. The van der Waals surface area contributed by atoms with Crippen LogP contribution in [0.5, 0.6) is 0 Å². The van der Waals surface area contributed by atoms with E-state index in [1.807, 2.05) is 6.92 Å². The number of hydrogen-bond acceptors (Lipinski definition) is 2. The third kappa shape index (κ3) is 4.18. The van der Waals surface area contributed by atoms with Crippen molar-refractivity contribution in [2.75, 3.05) is 6.54 Å². The highest BCUT2D eigenvalue weighted by molar-refractivity contribution is 5.82. The minimum atomic E-state index is -0.360. The summed E-state index contributed by atoms with van der Waals surface area (Å²) in [4.78, 5) is 22.5. The van der Waals surface area contributed by atoms with Gasteiger partial charge in [-0.05, 0) is 19.8 Å². The fourth-order valence-electron chi connectivity index (χ4n) is 1.79. The van der Waals surface area contributed by atoms with Crippen LogP contribution in [0.4, 0.5) is 4.79 Å². The van der Waals surface area contributed by atoms with Crippen LogP contribution in [0.1, 0.15) is 39.0 Å². The van der Waals surface area contributed by atoms with Crippen molar-refractivity contribution in [3.05, 3.63) is 0 Å². The van der Waals surface area contributed by atoms with Gasteiger partial charge in [0.15, 0.2) is 0 Å². The molecule has 0 atom stereocenters. The maximum Gasteiger partial charge on any atom is 0.333 e. The van der Waals surface area contributed by atoms with Gasteiger partial charge in [0.1, 0.15) is 0 Å². The number of hydrazine groups is 1. The second-order valence-electron chi connectivity index (χ2n) is 3.81. The van der Waals surface area contributed by atoms with Crippen molar-refractivity contribution in [2.45, 2.75) is 39.0 Å². The lowest BCUT2D eigenvalue weighted by atomic mass is 9.89. The van der Waals surface area contributed by atoms with Crippen LogP contribution >= 0.6 is 0 Å². The molecule has 0 spiro atoms. The molecule has 0 aromatic rings. The molecule has 3 amide bonds. The van der Waals surface area contributed by atoms with Gasteiger partial charge in [-0.15, -0.1) is 0 Å². The molecule has 0 aromatic carbocycles. The molecule has 0 unspecified atom stereocenters. The van der Waals surface area contributed by atoms with Crippen LogP contribution in [-0.2, 0) is 4.79 Å². The fourth-order valence-corrected chi connectivity index (χ4v) is 1.79. The van der Waals surface area contributed by atoms with Crippen LogP contribution in [0.25, 0.3) is 0 Å². The van der Waals surface area contributed by atoms with Gasteiger partial charge in [-0.3, -0.25) is 10.2 Å². The summed E-state index contributed by atoms with van der Waals surface area (Å²) in [6, 6.07) is -0.360. The van der Waals surface area contributed by atoms with E-state index in [4.69, 9.17) is 0 Å². The number of amides is 3. The highest BCUT2D eigenvalue weighted by Crippen LogP contribution is 2.23. The maximum absolute atomic E-state index is 11.6. The lowest BCUT2D eigenvalue weighted by Gasteiger charge is -2.20. The van der Waals surface area contributed by atoms with E-state index in [9.17, 15) is 9.59 Å². The molecule has 1 rings (SSSR count). The minimum absolute atomic E-state index is 0.0686. The Balaban J connectivity index is 2.19. The Bertz CT molecular complexity index is 225. The molecule has 0 aromatic heterocycles. The van der Waals surface area contributed by atoms with Crippen LogP contribution < -0.4 is 16.2 Å². The Kier molecular flexibility index (Phi) is 4.93. The van der Waals surface area contributed by atoms with Gasteiger partial charge >= 0.3 is 6.03 Å². The van der Waals surface area contributed by atoms with E-state index >= 15 is 0 Å². The number of rotatable bonds is 2. The van der Waals surface area contributed by atoms with E-state index in [2.05, 4.69) is 16.2 Å². The summed E-state index contributed by atoms with van der Waals surface area (Å²) >= 11 is 0. The van der Waals surface area contributed by atoms with E-state index in [1.165, 1.54) is 6.42 Å². The average molecular weight is 213 g/mol. The average Bonchev–Trinajstić information content (AvgIpc) is 2.27. The van der Waals surface area contributed by atoms with Gasteiger partial charge in [0, 0.05) is 12.5 Å². The first kappa shape index (κ1) is 11.8. The molecule has 1 saturated carbocycles. The van der Waals surface area contributed by atoms with Crippen molar-refractivity contribution in [2.24, 2.45) is 5.92 Å². The van der Waals surface area contributed by atoms with Crippen molar-refractivity contribution in [3.63, 3.8) is 0 Å². The standard InChI is InChI=1S/C10H19N3O2/c1-2-11-10(15)13-12-9(14)8-6-4-3-5-7-8/h8H,2-7H2,1H3,(H,12,14)(H2,11,13,15). The van der Waals surface area contributed by atoms with Crippen LogP contribution in [0.3, 0.4) is 0 Å². The van der Waals surface area contributed by atoms with Crippen LogP contribution in [0, 0.1) is 5.92 Å². The predicted molar refractivity (Wildman–Crippen MR) is 56.9 cm³/mol. The first-order valence-electron chi connectivity index (χ1n) is 5.57. The van der Waals surface area contributed by atoms with Crippen molar-refractivity contribution in [3.8, 4) is 0 Å². The largest absolute Gasteiger partial charge is 0.337 e. The van der Waals surface area contributed by atoms with Crippen molar-refractivity contribution in [1.82, 2.24) is 16.2 Å². The van der Waals surface area contributed by atoms with Crippen molar-refractivity contribution < 1.29 is 9.59 Å². The van der Waals surface area contributed by atoms with E-state index in [0.29, 0.717) is 6.54 Å². The molecule has 1 aliphatic carbocycles. The molecule has 0 saturated heterocycles. The maximum atomic E-state index is 11.6. The number of urea groups is 1. The van der Waals surface area contributed by atoms with Gasteiger partial charge in [0.2, 0.25) is 5.91 Å². The highest BCUT2D eigenvalue weighted by Gasteiger charge is 2.20. The SMILES string of the molecule is CCNC(=O)NNC(=O)C1CCCCC1. The zero-order chi connectivity index (χ0) is 11.1. The molecule has 5 nitrogen and oxygen atoms in total. The number of nitrogens with one attached hydrogen (secondary N) is 3.